The highest BCUT2D eigenvalue weighted by molar-refractivity contribution is 6.28. The van der Waals surface area contributed by atoms with Crippen molar-refractivity contribution in [3.05, 3.63) is 5.28 Å². The Morgan fingerprint density at radius 2 is 1.94 bits per heavy atom. The van der Waals surface area contributed by atoms with E-state index in [9.17, 15) is 0 Å². The predicted octanol–water partition coefficient (Wildman–Crippen LogP) is 2.16. The van der Waals surface area contributed by atoms with Crippen LogP contribution in [0.5, 0.6) is 6.01 Å². The first-order valence-corrected chi connectivity index (χ1v) is 5.73. The molecule has 90 valence electrons. The van der Waals surface area contributed by atoms with Crippen LogP contribution in [0, 0.1) is 0 Å². The van der Waals surface area contributed by atoms with Gasteiger partial charge in [-0.2, -0.15) is 15.0 Å². The molecule has 0 saturated heterocycles. The molecule has 0 N–H and O–H groups in total. The Morgan fingerprint density at radius 3 is 2.56 bits per heavy atom. The van der Waals surface area contributed by atoms with Gasteiger partial charge in [0.05, 0.1) is 6.61 Å². The Hall–Kier alpha value is -1.10. The number of unbranched alkanes of at least 4 members (excludes halogenated alkanes) is 2. The Kier molecular flexibility index (Phi) is 5.25. The van der Waals surface area contributed by atoms with Crippen molar-refractivity contribution < 1.29 is 4.74 Å². The summed E-state index contributed by atoms with van der Waals surface area (Å²) in [4.78, 5) is 13.8. The molecule has 1 heterocycles. The van der Waals surface area contributed by atoms with Crippen LogP contribution < -0.4 is 9.64 Å². The highest BCUT2D eigenvalue weighted by Crippen LogP contribution is 2.13. The Morgan fingerprint density at radius 1 is 1.19 bits per heavy atom. The summed E-state index contributed by atoms with van der Waals surface area (Å²) in [6.45, 7) is 2.75. The van der Waals surface area contributed by atoms with E-state index in [-0.39, 0.29) is 5.28 Å². The second-order valence-electron chi connectivity index (χ2n) is 3.64. The maximum absolute atomic E-state index is 5.77. The van der Waals surface area contributed by atoms with E-state index in [1.807, 2.05) is 14.1 Å². The lowest BCUT2D eigenvalue weighted by Gasteiger charge is -2.11. The first-order valence-electron chi connectivity index (χ1n) is 5.35. The maximum atomic E-state index is 5.77. The monoisotopic (exact) mass is 244 g/mol. The fraction of sp³-hybridized carbons (Fsp3) is 0.700. The lowest BCUT2D eigenvalue weighted by atomic mass is 10.3. The van der Waals surface area contributed by atoms with Gasteiger partial charge in [0.2, 0.25) is 11.2 Å². The number of anilines is 1. The van der Waals surface area contributed by atoms with Gasteiger partial charge in [0, 0.05) is 14.1 Å². The van der Waals surface area contributed by atoms with Crippen molar-refractivity contribution in [1.29, 1.82) is 0 Å². The van der Waals surface area contributed by atoms with Gasteiger partial charge in [0.25, 0.3) is 0 Å². The number of halogens is 1. The minimum atomic E-state index is 0.157. The van der Waals surface area contributed by atoms with E-state index < -0.39 is 0 Å². The van der Waals surface area contributed by atoms with Crippen LogP contribution in [-0.2, 0) is 0 Å². The molecule has 0 aliphatic carbocycles. The standard InChI is InChI=1S/C10H17ClN4O/c1-4-5-6-7-16-10-13-8(11)12-9(14-10)15(2)3/h4-7H2,1-3H3. The summed E-state index contributed by atoms with van der Waals surface area (Å²) in [5, 5.41) is 0.157. The van der Waals surface area contributed by atoms with Gasteiger partial charge in [-0.15, -0.1) is 0 Å². The Balaban J connectivity index is 2.58. The minimum absolute atomic E-state index is 0.157. The van der Waals surface area contributed by atoms with Crippen LogP contribution in [0.2, 0.25) is 5.28 Å². The SMILES string of the molecule is CCCCCOc1nc(Cl)nc(N(C)C)n1. The zero-order valence-corrected chi connectivity index (χ0v) is 10.7. The summed E-state index contributed by atoms with van der Waals surface area (Å²) in [5.41, 5.74) is 0. The summed E-state index contributed by atoms with van der Waals surface area (Å²) in [7, 11) is 3.68. The fourth-order valence-corrected chi connectivity index (χ4v) is 1.25. The molecule has 0 radical (unpaired) electrons. The highest BCUT2D eigenvalue weighted by Gasteiger charge is 2.07. The molecular formula is C10H17ClN4O. The van der Waals surface area contributed by atoms with Gasteiger partial charge >= 0.3 is 6.01 Å². The zero-order chi connectivity index (χ0) is 12.0. The van der Waals surface area contributed by atoms with Crippen molar-refractivity contribution in [2.75, 3.05) is 25.6 Å². The van der Waals surface area contributed by atoms with Gasteiger partial charge in [-0.05, 0) is 18.0 Å². The van der Waals surface area contributed by atoms with Gasteiger partial charge in [-0.3, -0.25) is 0 Å². The van der Waals surface area contributed by atoms with E-state index in [1.165, 1.54) is 0 Å². The zero-order valence-electron chi connectivity index (χ0n) is 9.90. The third-order valence-electron chi connectivity index (χ3n) is 1.95. The first-order chi connectivity index (χ1) is 7.63. The first kappa shape index (κ1) is 13.0. The largest absolute Gasteiger partial charge is 0.463 e. The van der Waals surface area contributed by atoms with Gasteiger partial charge in [-0.25, -0.2) is 0 Å². The van der Waals surface area contributed by atoms with Gasteiger partial charge in [0.15, 0.2) is 0 Å². The smallest absolute Gasteiger partial charge is 0.322 e. The van der Waals surface area contributed by atoms with E-state index in [1.54, 1.807) is 4.90 Å². The predicted molar refractivity (Wildman–Crippen MR) is 64.2 cm³/mol. The number of aromatic nitrogens is 3. The van der Waals surface area contributed by atoms with Crippen molar-refractivity contribution in [3.8, 4) is 6.01 Å². The van der Waals surface area contributed by atoms with Crippen molar-refractivity contribution in [1.82, 2.24) is 15.0 Å². The van der Waals surface area contributed by atoms with Crippen molar-refractivity contribution >= 4 is 17.5 Å². The third kappa shape index (κ3) is 4.18. The summed E-state index contributed by atoms with van der Waals surface area (Å²) >= 11 is 5.77. The molecule has 0 fully saturated rings. The molecule has 0 aliphatic heterocycles. The number of hydrogen-bond acceptors (Lipinski definition) is 5. The van der Waals surface area contributed by atoms with Gasteiger partial charge in [-0.1, -0.05) is 19.8 Å². The van der Waals surface area contributed by atoms with E-state index >= 15 is 0 Å². The van der Waals surface area contributed by atoms with E-state index in [2.05, 4.69) is 21.9 Å². The quantitative estimate of drug-likeness (QED) is 0.718. The molecule has 0 aromatic carbocycles. The summed E-state index contributed by atoms with van der Waals surface area (Å²) in [6.07, 6.45) is 3.29. The van der Waals surface area contributed by atoms with Gasteiger partial charge < -0.3 is 9.64 Å². The molecule has 1 aromatic rings. The summed E-state index contributed by atoms with van der Waals surface area (Å²) < 4.78 is 5.41. The van der Waals surface area contributed by atoms with Crippen LogP contribution >= 0.6 is 11.6 Å². The average molecular weight is 245 g/mol. The molecule has 0 spiro atoms. The molecule has 1 aromatic heterocycles. The molecule has 0 atom stereocenters. The molecule has 6 heteroatoms. The molecule has 5 nitrogen and oxygen atoms in total. The van der Waals surface area contributed by atoms with Crippen LogP contribution in [0.25, 0.3) is 0 Å². The molecule has 0 aliphatic rings. The summed E-state index contributed by atoms with van der Waals surface area (Å²) in [6, 6.07) is 0.291. The van der Waals surface area contributed by atoms with E-state index in [0.717, 1.165) is 19.3 Å². The number of rotatable bonds is 6. The van der Waals surface area contributed by atoms with Crippen molar-refractivity contribution in [2.45, 2.75) is 26.2 Å². The minimum Gasteiger partial charge on any atom is -0.463 e. The average Bonchev–Trinajstić information content (AvgIpc) is 2.23. The van der Waals surface area contributed by atoms with E-state index in [0.29, 0.717) is 18.6 Å². The normalized spacial score (nSPS) is 10.2. The second kappa shape index (κ2) is 6.48. The van der Waals surface area contributed by atoms with Crippen LogP contribution in [-0.4, -0.2) is 35.7 Å². The number of ether oxygens (including phenoxy) is 1. The fourth-order valence-electron chi connectivity index (χ4n) is 1.10. The molecular weight excluding hydrogens is 228 g/mol. The molecule has 0 saturated carbocycles. The Bertz CT molecular complexity index is 333. The summed E-state index contributed by atoms with van der Waals surface area (Å²) in [5.74, 6) is 0.505. The number of nitrogens with zero attached hydrogens (tertiary/aromatic N) is 4. The van der Waals surface area contributed by atoms with Crippen LogP contribution in [0.4, 0.5) is 5.95 Å². The highest BCUT2D eigenvalue weighted by atomic mass is 35.5. The lowest BCUT2D eigenvalue weighted by Crippen LogP contribution is -2.14. The van der Waals surface area contributed by atoms with Crippen LogP contribution in [0.1, 0.15) is 26.2 Å². The Labute approximate surface area is 101 Å². The maximum Gasteiger partial charge on any atom is 0.322 e. The van der Waals surface area contributed by atoms with E-state index in [4.69, 9.17) is 16.3 Å². The van der Waals surface area contributed by atoms with Crippen LogP contribution in [0.15, 0.2) is 0 Å². The molecule has 1 rings (SSSR count). The third-order valence-corrected chi connectivity index (χ3v) is 2.12. The number of hydrogen-bond donors (Lipinski definition) is 0. The molecule has 16 heavy (non-hydrogen) atoms. The molecule has 0 bridgehead atoms. The molecule has 0 unspecified atom stereocenters. The lowest BCUT2D eigenvalue weighted by molar-refractivity contribution is 0.282. The van der Waals surface area contributed by atoms with Crippen LogP contribution in [0.3, 0.4) is 0 Å². The molecule has 0 amide bonds. The van der Waals surface area contributed by atoms with Crippen molar-refractivity contribution in [3.63, 3.8) is 0 Å². The van der Waals surface area contributed by atoms with Crippen molar-refractivity contribution in [2.24, 2.45) is 0 Å². The second-order valence-corrected chi connectivity index (χ2v) is 3.98. The van der Waals surface area contributed by atoms with Gasteiger partial charge in [0.1, 0.15) is 0 Å². The topological polar surface area (TPSA) is 51.1 Å².